The van der Waals surface area contributed by atoms with Gasteiger partial charge in [0.15, 0.2) is 0 Å². The molecule has 0 radical (unpaired) electrons. The molecule has 1 fully saturated rings. The van der Waals surface area contributed by atoms with E-state index in [-0.39, 0.29) is 11.8 Å². The normalized spacial score (nSPS) is 17.1. The van der Waals surface area contributed by atoms with Crippen molar-refractivity contribution in [2.45, 2.75) is 26.4 Å². The van der Waals surface area contributed by atoms with E-state index in [9.17, 15) is 9.59 Å². The van der Waals surface area contributed by atoms with Crippen molar-refractivity contribution in [1.82, 2.24) is 10.6 Å². The Balaban J connectivity index is 2.29. The predicted octanol–water partition coefficient (Wildman–Crippen LogP) is 0.257. The first-order valence-corrected chi connectivity index (χ1v) is 4.63. The molecule has 0 spiro atoms. The topological polar surface area (TPSA) is 67.4 Å². The molecule has 2 N–H and O–H groups in total. The van der Waals surface area contributed by atoms with Crippen molar-refractivity contribution in [3.63, 3.8) is 0 Å². The summed E-state index contributed by atoms with van der Waals surface area (Å²) >= 11 is 0. The first kappa shape index (κ1) is 11.0. The number of alkyl carbamates (subject to hydrolysis) is 1. The van der Waals surface area contributed by atoms with Gasteiger partial charge in [-0.15, -0.1) is 0 Å². The Hall–Kier alpha value is -1.10. The molecule has 0 aromatic carbocycles. The van der Waals surface area contributed by atoms with Gasteiger partial charge in [0, 0.05) is 13.1 Å². The quantitative estimate of drug-likeness (QED) is 0.637. The average Bonchev–Trinajstić information content (AvgIpc) is 1.75. The van der Waals surface area contributed by atoms with Gasteiger partial charge in [-0.2, -0.15) is 0 Å². The number of amides is 2. The maximum Gasteiger partial charge on any atom is 0.414 e. The van der Waals surface area contributed by atoms with Gasteiger partial charge < -0.3 is 10.1 Å². The Labute approximate surface area is 83.2 Å². The van der Waals surface area contributed by atoms with Gasteiger partial charge in [0.2, 0.25) is 5.91 Å². The lowest BCUT2D eigenvalue weighted by Crippen LogP contribution is -2.52. The fraction of sp³-hybridized carbons (Fsp3) is 0.778. The number of hydrogen-bond acceptors (Lipinski definition) is 4. The first-order valence-electron chi connectivity index (χ1n) is 4.63. The molecule has 5 nitrogen and oxygen atoms in total. The van der Waals surface area contributed by atoms with Crippen LogP contribution in [0, 0.1) is 5.92 Å². The molecule has 1 heterocycles. The zero-order valence-corrected chi connectivity index (χ0v) is 8.72. The zero-order valence-electron chi connectivity index (χ0n) is 8.72. The smallest absolute Gasteiger partial charge is 0.414 e. The summed E-state index contributed by atoms with van der Waals surface area (Å²) in [5, 5.41) is 5.15. The van der Waals surface area contributed by atoms with Crippen molar-refractivity contribution in [2.24, 2.45) is 5.92 Å². The molecule has 1 aliphatic heterocycles. The molecule has 1 aliphatic rings. The Morgan fingerprint density at radius 1 is 1.36 bits per heavy atom. The van der Waals surface area contributed by atoms with Gasteiger partial charge in [-0.05, 0) is 20.8 Å². The van der Waals surface area contributed by atoms with Crippen molar-refractivity contribution in [3.05, 3.63) is 0 Å². The number of ether oxygens (including phenoxy) is 1. The highest BCUT2D eigenvalue weighted by molar-refractivity contribution is 5.93. The van der Waals surface area contributed by atoms with E-state index in [2.05, 4.69) is 10.6 Å². The third-order valence-corrected chi connectivity index (χ3v) is 1.78. The molecule has 0 aliphatic carbocycles. The molecule has 2 amide bonds. The van der Waals surface area contributed by atoms with E-state index in [0.29, 0.717) is 13.1 Å². The molecule has 1 saturated heterocycles. The molecule has 0 aromatic rings. The van der Waals surface area contributed by atoms with Gasteiger partial charge in [-0.1, -0.05) is 0 Å². The van der Waals surface area contributed by atoms with Gasteiger partial charge in [0.05, 0.1) is 5.92 Å². The summed E-state index contributed by atoms with van der Waals surface area (Å²) in [7, 11) is 0. The minimum atomic E-state index is -0.672. The zero-order chi connectivity index (χ0) is 10.8. The highest BCUT2D eigenvalue weighted by Gasteiger charge is 2.27. The van der Waals surface area contributed by atoms with Crippen LogP contribution in [-0.4, -0.2) is 30.7 Å². The summed E-state index contributed by atoms with van der Waals surface area (Å²) in [6.07, 6.45) is -0.672. The second kappa shape index (κ2) is 3.96. The highest BCUT2D eigenvalue weighted by atomic mass is 16.6. The van der Waals surface area contributed by atoms with Crippen molar-refractivity contribution in [3.8, 4) is 0 Å². The monoisotopic (exact) mass is 200 g/mol. The van der Waals surface area contributed by atoms with Gasteiger partial charge in [0.1, 0.15) is 5.60 Å². The molecule has 14 heavy (non-hydrogen) atoms. The van der Waals surface area contributed by atoms with E-state index in [4.69, 9.17) is 4.74 Å². The fourth-order valence-electron chi connectivity index (χ4n) is 0.980. The van der Waals surface area contributed by atoms with E-state index in [1.807, 2.05) is 0 Å². The van der Waals surface area contributed by atoms with Crippen LogP contribution in [0.3, 0.4) is 0 Å². The molecule has 0 bridgehead atoms. The van der Waals surface area contributed by atoms with Crippen LogP contribution in [0.2, 0.25) is 0 Å². The lowest BCUT2D eigenvalue weighted by atomic mass is 10.0. The Bertz CT molecular complexity index is 241. The molecule has 0 atom stereocenters. The van der Waals surface area contributed by atoms with Gasteiger partial charge >= 0.3 is 6.09 Å². The summed E-state index contributed by atoms with van der Waals surface area (Å²) in [6.45, 7) is 6.52. The van der Waals surface area contributed by atoms with Crippen molar-refractivity contribution in [2.75, 3.05) is 13.1 Å². The molecule has 0 aromatic heterocycles. The van der Waals surface area contributed by atoms with Gasteiger partial charge in [-0.3, -0.25) is 10.1 Å². The van der Waals surface area contributed by atoms with Crippen molar-refractivity contribution < 1.29 is 14.3 Å². The molecule has 80 valence electrons. The summed E-state index contributed by atoms with van der Waals surface area (Å²) in [6, 6.07) is 0. The number of rotatable bonds is 1. The van der Waals surface area contributed by atoms with E-state index >= 15 is 0 Å². The van der Waals surface area contributed by atoms with Crippen LogP contribution in [0.4, 0.5) is 4.79 Å². The van der Waals surface area contributed by atoms with Crippen LogP contribution in [0.25, 0.3) is 0 Å². The lowest BCUT2D eigenvalue weighted by Gasteiger charge is -2.26. The van der Waals surface area contributed by atoms with Crippen LogP contribution < -0.4 is 10.6 Å². The summed E-state index contributed by atoms with van der Waals surface area (Å²) in [4.78, 5) is 22.4. The van der Waals surface area contributed by atoms with Crippen LogP contribution in [0.5, 0.6) is 0 Å². The van der Waals surface area contributed by atoms with E-state index in [1.165, 1.54) is 0 Å². The maximum atomic E-state index is 11.3. The van der Waals surface area contributed by atoms with Crippen LogP contribution in [0.1, 0.15) is 20.8 Å². The molecular formula is C9H16N2O3. The fourth-order valence-corrected chi connectivity index (χ4v) is 0.980. The van der Waals surface area contributed by atoms with Crippen molar-refractivity contribution in [1.29, 1.82) is 0 Å². The number of imide groups is 1. The molecular weight excluding hydrogens is 184 g/mol. The number of carbonyl (C=O) groups is 2. The summed E-state index contributed by atoms with van der Waals surface area (Å²) in [5.74, 6) is -0.361. The minimum absolute atomic E-state index is 0.0949. The first-order chi connectivity index (χ1) is 6.38. The molecule has 0 unspecified atom stereocenters. The Morgan fingerprint density at radius 3 is 2.29 bits per heavy atom. The van der Waals surface area contributed by atoms with Crippen molar-refractivity contribution >= 4 is 12.0 Å². The standard InChI is InChI=1S/C9H16N2O3/c1-9(2,3)14-8(13)11-7(12)6-4-10-5-6/h6,10H,4-5H2,1-3H3,(H,11,12,13). The van der Waals surface area contributed by atoms with Crippen LogP contribution >= 0.6 is 0 Å². The maximum absolute atomic E-state index is 11.3. The lowest BCUT2D eigenvalue weighted by molar-refractivity contribution is -0.125. The number of nitrogens with one attached hydrogen (secondary N) is 2. The largest absolute Gasteiger partial charge is 0.444 e. The minimum Gasteiger partial charge on any atom is -0.444 e. The van der Waals surface area contributed by atoms with Gasteiger partial charge in [0.25, 0.3) is 0 Å². The third kappa shape index (κ3) is 3.33. The van der Waals surface area contributed by atoms with Crippen LogP contribution in [0.15, 0.2) is 0 Å². The average molecular weight is 200 g/mol. The third-order valence-electron chi connectivity index (χ3n) is 1.78. The number of carbonyl (C=O) groups excluding carboxylic acids is 2. The second-order valence-corrected chi connectivity index (χ2v) is 4.35. The highest BCUT2D eigenvalue weighted by Crippen LogP contribution is 2.07. The number of hydrogen-bond donors (Lipinski definition) is 2. The summed E-state index contributed by atoms with van der Waals surface area (Å²) < 4.78 is 4.94. The Morgan fingerprint density at radius 2 is 1.93 bits per heavy atom. The molecule has 0 saturated carbocycles. The van der Waals surface area contributed by atoms with Gasteiger partial charge in [-0.25, -0.2) is 4.79 Å². The van der Waals surface area contributed by atoms with Crippen LogP contribution in [-0.2, 0) is 9.53 Å². The van der Waals surface area contributed by atoms with E-state index in [0.717, 1.165) is 0 Å². The summed E-state index contributed by atoms with van der Waals surface area (Å²) in [5.41, 5.74) is -0.567. The predicted molar refractivity (Wildman–Crippen MR) is 50.7 cm³/mol. The molecule has 5 heteroatoms. The SMILES string of the molecule is CC(C)(C)OC(=O)NC(=O)C1CNC1. The van der Waals surface area contributed by atoms with E-state index < -0.39 is 11.7 Å². The molecule has 1 rings (SSSR count). The second-order valence-electron chi connectivity index (χ2n) is 4.35. The Kier molecular flexibility index (Phi) is 3.10. The van der Waals surface area contributed by atoms with E-state index in [1.54, 1.807) is 20.8 Å².